The molecule has 0 fully saturated rings. The molecule has 0 saturated heterocycles. The molecular weight excluding hydrogens is 174 g/mol. The van der Waals surface area contributed by atoms with E-state index in [0.29, 0.717) is 5.56 Å². The lowest BCUT2D eigenvalue weighted by Crippen LogP contribution is -2.22. The highest BCUT2D eigenvalue weighted by Gasteiger charge is 2.21. The first-order valence-corrected chi connectivity index (χ1v) is 3.82. The minimum atomic E-state index is -1.23. The fourth-order valence-electron chi connectivity index (χ4n) is 0.999. The van der Waals surface area contributed by atoms with Gasteiger partial charge in [0.05, 0.1) is 12.8 Å². The lowest BCUT2D eigenvalue weighted by Gasteiger charge is -2.14. The summed E-state index contributed by atoms with van der Waals surface area (Å²) in [7, 11) is 1.62. The summed E-state index contributed by atoms with van der Waals surface area (Å²) < 4.78 is 1.38. The third kappa shape index (κ3) is 1.80. The quantitative estimate of drug-likeness (QED) is 0.455. The molecule has 0 aromatic carbocycles. The van der Waals surface area contributed by atoms with Crippen molar-refractivity contribution in [1.29, 1.82) is 0 Å². The van der Waals surface area contributed by atoms with E-state index in [9.17, 15) is 5.11 Å². The molecule has 74 valence electrons. The van der Waals surface area contributed by atoms with Crippen LogP contribution in [0.15, 0.2) is 6.20 Å². The third-order valence-electron chi connectivity index (χ3n) is 1.88. The van der Waals surface area contributed by atoms with Crippen LogP contribution >= 0.6 is 0 Å². The van der Waals surface area contributed by atoms with Gasteiger partial charge in [-0.15, -0.1) is 0 Å². The monoisotopic (exact) mass is 187 g/mol. The van der Waals surface area contributed by atoms with Gasteiger partial charge in [0.2, 0.25) is 0 Å². The molecule has 1 heterocycles. The molecule has 2 atom stereocenters. The van der Waals surface area contributed by atoms with Crippen LogP contribution in [0.25, 0.3) is 0 Å². The number of anilines is 1. The van der Waals surface area contributed by atoms with E-state index in [1.165, 1.54) is 10.9 Å². The second-order valence-electron chi connectivity index (χ2n) is 2.80. The summed E-state index contributed by atoms with van der Waals surface area (Å²) in [4.78, 5) is 0. The van der Waals surface area contributed by atoms with E-state index in [4.69, 9.17) is 15.9 Å². The second kappa shape index (κ2) is 3.73. The van der Waals surface area contributed by atoms with E-state index in [1.807, 2.05) is 0 Å². The fraction of sp³-hybridized carbons (Fsp3) is 0.571. The van der Waals surface area contributed by atoms with Crippen LogP contribution in [-0.4, -0.2) is 37.8 Å². The van der Waals surface area contributed by atoms with Crippen LogP contribution in [0, 0.1) is 0 Å². The summed E-state index contributed by atoms with van der Waals surface area (Å²) in [5.41, 5.74) is 5.87. The number of aromatic nitrogens is 2. The SMILES string of the molecule is Cn1ncc(C(O)C(O)CO)c1N. The maximum Gasteiger partial charge on any atom is 0.127 e. The van der Waals surface area contributed by atoms with E-state index in [2.05, 4.69) is 5.10 Å². The van der Waals surface area contributed by atoms with Crippen molar-refractivity contribution in [1.82, 2.24) is 9.78 Å². The van der Waals surface area contributed by atoms with Crippen LogP contribution in [-0.2, 0) is 7.05 Å². The molecule has 0 amide bonds. The van der Waals surface area contributed by atoms with Gasteiger partial charge in [-0.25, -0.2) is 0 Å². The van der Waals surface area contributed by atoms with E-state index in [1.54, 1.807) is 7.05 Å². The summed E-state index contributed by atoms with van der Waals surface area (Å²) >= 11 is 0. The zero-order chi connectivity index (χ0) is 10.0. The number of nitrogens with two attached hydrogens (primary N) is 1. The summed E-state index contributed by atoms with van der Waals surface area (Å²) in [6.45, 7) is -0.518. The number of aliphatic hydroxyl groups excluding tert-OH is 3. The summed E-state index contributed by atoms with van der Waals surface area (Å²) in [5.74, 6) is 0.278. The molecule has 0 radical (unpaired) electrons. The van der Waals surface area contributed by atoms with E-state index in [-0.39, 0.29) is 5.82 Å². The van der Waals surface area contributed by atoms with Gasteiger partial charge >= 0.3 is 0 Å². The molecular formula is C7H13N3O3. The molecule has 2 unspecified atom stereocenters. The number of rotatable bonds is 3. The van der Waals surface area contributed by atoms with Crippen molar-refractivity contribution >= 4 is 5.82 Å². The van der Waals surface area contributed by atoms with Gasteiger partial charge in [-0.1, -0.05) is 0 Å². The average molecular weight is 187 g/mol. The van der Waals surface area contributed by atoms with Crippen LogP contribution in [0.5, 0.6) is 0 Å². The number of hydrogen-bond acceptors (Lipinski definition) is 5. The van der Waals surface area contributed by atoms with Gasteiger partial charge in [-0.2, -0.15) is 5.10 Å². The maximum atomic E-state index is 9.44. The smallest absolute Gasteiger partial charge is 0.127 e. The molecule has 6 nitrogen and oxygen atoms in total. The van der Waals surface area contributed by atoms with Crippen LogP contribution in [0.3, 0.4) is 0 Å². The number of aliphatic hydroxyl groups is 3. The van der Waals surface area contributed by atoms with Crippen molar-refractivity contribution in [2.75, 3.05) is 12.3 Å². The molecule has 1 aromatic heterocycles. The average Bonchev–Trinajstić information content (AvgIpc) is 2.45. The lowest BCUT2D eigenvalue weighted by molar-refractivity contribution is -0.0149. The van der Waals surface area contributed by atoms with Crippen LogP contribution in [0.2, 0.25) is 0 Å². The van der Waals surface area contributed by atoms with Gasteiger partial charge in [0.25, 0.3) is 0 Å². The highest BCUT2D eigenvalue weighted by atomic mass is 16.4. The molecule has 13 heavy (non-hydrogen) atoms. The van der Waals surface area contributed by atoms with E-state index < -0.39 is 18.8 Å². The first kappa shape index (κ1) is 9.97. The molecule has 0 bridgehead atoms. The largest absolute Gasteiger partial charge is 0.394 e. The summed E-state index contributed by atoms with van der Waals surface area (Å²) in [6, 6.07) is 0. The lowest BCUT2D eigenvalue weighted by atomic mass is 10.1. The van der Waals surface area contributed by atoms with E-state index >= 15 is 0 Å². The molecule has 0 spiro atoms. The van der Waals surface area contributed by atoms with Gasteiger partial charge in [0, 0.05) is 12.6 Å². The van der Waals surface area contributed by atoms with Crippen molar-refractivity contribution < 1.29 is 15.3 Å². The number of hydrogen-bond donors (Lipinski definition) is 4. The van der Waals surface area contributed by atoms with Gasteiger partial charge in [0.1, 0.15) is 18.0 Å². The fourth-order valence-corrected chi connectivity index (χ4v) is 0.999. The standard InChI is InChI=1S/C7H13N3O3/c1-10-7(8)4(2-9-10)6(13)5(12)3-11/h2,5-6,11-13H,3,8H2,1H3. The Balaban J connectivity index is 2.88. The Morgan fingerprint density at radius 3 is 2.62 bits per heavy atom. The van der Waals surface area contributed by atoms with Crippen molar-refractivity contribution in [3.63, 3.8) is 0 Å². The van der Waals surface area contributed by atoms with Crippen molar-refractivity contribution in [3.8, 4) is 0 Å². The summed E-state index contributed by atoms with van der Waals surface area (Å²) in [5, 5.41) is 30.9. The first-order chi connectivity index (χ1) is 6.07. The molecule has 0 aliphatic carbocycles. The maximum absolute atomic E-state index is 9.44. The Hall–Kier alpha value is -1.11. The predicted molar refractivity (Wildman–Crippen MR) is 45.7 cm³/mol. The molecule has 0 aliphatic heterocycles. The predicted octanol–water partition coefficient (Wildman–Crippen LogP) is -1.61. The topological polar surface area (TPSA) is 105 Å². The highest BCUT2D eigenvalue weighted by molar-refractivity contribution is 5.40. The van der Waals surface area contributed by atoms with Crippen LogP contribution in [0.1, 0.15) is 11.7 Å². The van der Waals surface area contributed by atoms with Crippen LogP contribution < -0.4 is 5.73 Å². The molecule has 0 saturated carbocycles. The van der Waals surface area contributed by atoms with Crippen LogP contribution in [0.4, 0.5) is 5.82 Å². The number of nitrogens with zero attached hydrogens (tertiary/aromatic N) is 2. The van der Waals surface area contributed by atoms with Crippen molar-refractivity contribution in [2.45, 2.75) is 12.2 Å². The number of nitrogen functional groups attached to an aromatic ring is 1. The molecule has 1 aromatic rings. The van der Waals surface area contributed by atoms with Crippen molar-refractivity contribution in [2.24, 2.45) is 7.05 Å². The Morgan fingerprint density at radius 1 is 1.62 bits per heavy atom. The summed E-state index contributed by atoms with van der Waals surface area (Å²) in [6.07, 6.45) is -1.07. The second-order valence-corrected chi connectivity index (χ2v) is 2.80. The molecule has 1 rings (SSSR count). The minimum Gasteiger partial charge on any atom is -0.394 e. The minimum absolute atomic E-state index is 0.278. The number of aryl methyl sites for hydroxylation is 1. The van der Waals surface area contributed by atoms with Crippen molar-refractivity contribution in [3.05, 3.63) is 11.8 Å². The normalized spacial score (nSPS) is 15.7. The van der Waals surface area contributed by atoms with Gasteiger partial charge in [-0.3, -0.25) is 4.68 Å². The van der Waals surface area contributed by atoms with Gasteiger partial charge in [0.15, 0.2) is 0 Å². The zero-order valence-electron chi connectivity index (χ0n) is 7.25. The highest BCUT2D eigenvalue weighted by Crippen LogP contribution is 2.21. The molecule has 0 aliphatic rings. The Labute approximate surface area is 75.2 Å². The molecule has 5 N–H and O–H groups in total. The Morgan fingerprint density at radius 2 is 2.23 bits per heavy atom. The van der Waals surface area contributed by atoms with E-state index in [0.717, 1.165) is 0 Å². The third-order valence-corrected chi connectivity index (χ3v) is 1.88. The molecule has 6 heteroatoms. The first-order valence-electron chi connectivity index (χ1n) is 3.82. The zero-order valence-corrected chi connectivity index (χ0v) is 7.25. The van der Waals surface area contributed by atoms with Gasteiger partial charge < -0.3 is 21.1 Å². The Bertz CT molecular complexity index is 287. The Kier molecular flexibility index (Phi) is 2.86. The van der Waals surface area contributed by atoms with Gasteiger partial charge in [-0.05, 0) is 0 Å².